The van der Waals surface area contributed by atoms with Crippen molar-refractivity contribution in [3.05, 3.63) is 70.8 Å². The summed E-state index contributed by atoms with van der Waals surface area (Å²) in [6.07, 6.45) is 9.65. The van der Waals surface area contributed by atoms with Gasteiger partial charge in [0, 0.05) is 5.92 Å². The van der Waals surface area contributed by atoms with E-state index in [2.05, 4.69) is 81.6 Å². The van der Waals surface area contributed by atoms with Gasteiger partial charge in [0.25, 0.3) is 0 Å². The highest BCUT2D eigenvalue weighted by Gasteiger charge is 2.24. The first-order chi connectivity index (χ1) is 12.7. The molecule has 0 aliphatic heterocycles. The molecule has 0 spiro atoms. The highest BCUT2D eigenvalue weighted by atomic mass is 15.3. The summed E-state index contributed by atoms with van der Waals surface area (Å²) < 4.78 is 1.22. The minimum Gasteiger partial charge on any atom is -0.326 e. The van der Waals surface area contributed by atoms with Crippen molar-refractivity contribution < 1.29 is 4.48 Å². The second kappa shape index (κ2) is 8.68. The van der Waals surface area contributed by atoms with Crippen molar-refractivity contribution in [2.24, 2.45) is 0 Å². The molecule has 2 aromatic carbocycles. The van der Waals surface area contributed by atoms with Crippen LogP contribution >= 0.6 is 0 Å². The molecule has 0 saturated heterocycles. The average molecular weight is 349 g/mol. The second-order valence-electron chi connectivity index (χ2n) is 8.08. The van der Waals surface area contributed by atoms with Crippen molar-refractivity contribution in [2.75, 3.05) is 26.7 Å². The number of hydrogen-bond donors (Lipinski definition) is 0. The number of rotatable bonds is 8. The largest absolute Gasteiger partial charge is 0.326 e. The first-order valence-electron chi connectivity index (χ1n) is 10.4. The van der Waals surface area contributed by atoms with Crippen LogP contribution in [-0.4, -0.2) is 31.2 Å². The van der Waals surface area contributed by atoms with Gasteiger partial charge in [0.15, 0.2) is 0 Å². The monoisotopic (exact) mass is 348 g/mol. The Morgan fingerprint density at radius 1 is 0.731 bits per heavy atom. The standard InChI is InChI=1S/C25H34N/c1-4-18-26(3,19-5-2)20-10-15-25-23-13-8-6-11-21(23)16-17-22-12-7-9-14-24(22)25/h6-9,11-14,16-17,25H,4-5,10,15,18-20H2,1-3H3/q+1. The van der Waals surface area contributed by atoms with Gasteiger partial charge < -0.3 is 4.48 Å². The Balaban J connectivity index is 1.82. The third-order valence-electron chi connectivity index (χ3n) is 5.90. The molecule has 0 N–H and O–H groups in total. The first kappa shape index (κ1) is 18.9. The highest BCUT2D eigenvalue weighted by molar-refractivity contribution is 5.76. The van der Waals surface area contributed by atoms with Crippen molar-refractivity contribution in [3.8, 4) is 0 Å². The fraction of sp³-hybridized carbons (Fsp3) is 0.440. The van der Waals surface area contributed by atoms with Gasteiger partial charge in [-0.3, -0.25) is 0 Å². The quantitative estimate of drug-likeness (QED) is 0.488. The zero-order valence-corrected chi connectivity index (χ0v) is 16.7. The number of fused-ring (bicyclic) bond motifs is 2. The summed E-state index contributed by atoms with van der Waals surface area (Å²) in [7, 11) is 2.45. The SMILES string of the molecule is CCC[N+](C)(CCC)CCCC1c2ccccc2C=Cc2ccccc21. The maximum absolute atomic E-state index is 2.45. The minimum absolute atomic E-state index is 0.508. The fourth-order valence-electron chi connectivity index (χ4n) is 4.71. The van der Waals surface area contributed by atoms with Crippen LogP contribution in [0.25, 0.3) is 12.2 Å². The average Bonchev–Trinajstić information content (AvgIpc) is 2.80. The normalized spacial score (nSPS) is 14.0. The Kier molecular flexibility index (Phi) is 6.32. The van der Waals surface area contributed by atoms with Gasteiger partial charge in [-0.05, 0) is 47.9 Å². The molecule has 0 heterocycles. The van der Waals surface area contributed by atoms with Crippen molar-refractivity contribution in [1.82, 2.24) is 0 Å². The molecular formula is C25H34N+. The van der Waals surface area contributed by atoms with Gasteiger partial charge in [0.2, 0.25) is 0 Å². The lowest BCUT2D eigenvalue weighted by atomic mass is 9.84. The number of quaternary nitrogens is 1. The van der Waals surface area contributed by atoms with E-state index in [0.29, 0.717) is 5.92 Å². The summed E-state index contributed by atoms with van der Waals surface area (Å²) in [5.74, 6) is 0.508. The van der Waals surface area contributed by atoms with Gasteiger partial charge in [0.05, 0.1) is 26.7 Å². The lowest BCUT2D eigenvalue weighted by Crippen LogP contribution is -2.46. The molecule has 138 valence electrons. The van der Waals surface area contributed by atoms with Crippen LogP contribution < -0.4 is 0 Å². The number of benzene rings is 2. The molecule has 0 amide bonds. The summed E-state index contributed by atoms with van der Waals surface area (Å²) in [5, 5.41) is 0. The molecule has 0 saturated carbocycles. The zero-order valence-electron chi connectivity index (χ0n) is 16.7. The van der Waals surface area contributed by atoms with E-state index in [4.69, 9.17) is 0 Å². The van der Waals surface area contributed by atoms with E-state index < -0.39 is 0 Å². The summed E-state index contributed by atoms with van der Waals surface area (Å²) in [5.41, 5.74) is 5.75. The third-order valence-corrected chi connectivity index (χ3v) is 5.90. The highest BCUT2D eigenvalue weighted by Crippen LogP contribution is 2.37. The van der Waals surface area contributed by atoms with Crippen molar-refractivity contribution in [3.63, 3.8) is 0 Å². The summed E-state index contributed by atoms with van der Waals surface area (Å²) >= 11 is 0. The minimum atomic E-state index is 0.508. The summed E-state index contributed by atoms with van der Waals surface area (Å²) in [6, 6.07) is 17.9. The smallest absolute Gasteiger partial charge is 0.0784 e. The molecule has 0 fully saturated rings. The molecule has 3 rings (SSSR count). The second-order valence-corrected chi connectivity index (χ2v) is 8.08. The van der Waals surface area contributed by atoms with E-state index in [1.165, 1.54) is 72.1 Å². The Bertz CT molecular complexity index is 688. The van der Waals surface area contributed by atoms with Crippen molar-refractivity contribution in [2.45, 2.75) is 45.4 Å². The number of nitrogens with zero attached hydrogens (tertiary/aromatic N) is 1. The van der Waals surface area contributed by atoms with Crippen LogP contribution in [0.2, 0.25) is 0 Å². The van der Waals surface area contributed by atoms with Crippen LogP contribution in [0.4, 0.5) is 0 Å². The van der Waals surface area contributed by atoms with E-state index in [-0.39, 0.29) is 0 Å². The molecule has 0 atom stereocenters. The van der Waals surface area contributed by atoms with Gasteiger partial charge in [-0.25, -0.2) is 0 Å². The van der Waals surface area contributed by atoms with Crippen LogP contribution in [0.5, 0.6) is 0 Å². The molecule has 1 heteroatoms. The van der Waals surface area contributed by atoms with E-state index in [1.54, 1.807) is 0 Å². The predicted octanol–water partition coefficient (Wildman–Crippen LogP) is 6.35. The molecule has 1 aliphatic rings. The van der Waals surface area contributed by atoms with Crippen molar-refractivity contribution in [1.29, 1.82) is 0 Å². The van der Waals surface area contributed by atoms with E-state index in [1.807, 2.05) is 0 Å². The molecule has 26 heavy (non-hydrogen) atoms. The molecule has 0 radical (unpaired) electrons. The molecule has 0 unspecified atom stereocenters. The van der Waals surface area contributed by atoms with E-state index >= 15 is 0 Å². The van der Waals surface area contributed by atoms with Crippen LogP contribution in [0.15, 0.2) is 48.5 Å². The Labute approximate surface area is 160 Å². The predicted molar refractivity (Wildman–Crippen MR) is 114 cm³/mol. The molecule has 2 aromatic rings. The van der Waals surface area contributed by atoms with E-state index in [9.17, 15) is 0 Å². The number of hydrogen-bond acceptors (Lipinski definition) is 0. The summed E-state index contributed by atoms with van der Waals surface area (Å²) in [6.45, 7) is 8.52. The first-order valence-corrected chi connectivity index (χ1v) is 10.4. The topological polar surface area (TPSA) is 0 Å². The van der Waals surface area contributed by atoms with Crippen LogP contribution in [-0.2, 0) is 0 Å². The van der Waals surface area contributed by atoms with Gasteiger partial charge in [-0.2, -0.15) is 0 Å². The Morgan fingerprint density at radius 2 is 1.23 bits per heavy atom. The van der Waals surface area contributed by atoms with Crippen LogP contribution in [0.3, 0.4) is 0 Å². The van der Waals surface area contributed by atoms with Gasteiger partial charge >= 0.3 is 0 Å². The van der Waals surface area contributed by atoms with Gasteiger partial charge in [0.1, 0.15) is 0 Å². The molecular weight excluding hydrogens is 314 g/mol. The van der Waals surface area contributed by atoms with Gasteiger partial charge in [-0.1, -0.05) is 74.5 Å². The zero-order chi connectivity index (χ0) is 18.4. The van der Waals surface area contributed by atoms with Crippen LogP contribution in [0, 0.1) is 0 Å². The molecule has 1 aliphatic carbocycles. The van der Waals surface area contributed by atoms with Crippen LogP contribution in [0.1, 0.15) is 67.7 Å². The Morgan fingerprint density at radius 3 is 1.73 bits per heavy atom. The van der Waals surface area contributed by atoms with E-state index in [0.717, 1.165) is 0 Å². The maximum Gasteiger partial charge on any atom is 0.0784 e. The molecule has 0 bridgehead atoms. The molecule has 1 nitrogen and oxygen atoms in total. The lowest BCUT2D eigenvalue weighted by Gasteiger charge is -2.35. The Hall–Kier alpha value is -1.86. The fourth-order valence-corrected chi connectivity index (χ4v) is 4.71. The van der Waals surface area contributed by atoms with Gasteiger partial charge in [-0.15, -0.1) is 0 Å². The molecule has 0 aromatic heterocycles. The third kappa shape index (κ3) is 4.27. The summed E-state index contributed by atoms with van der Waals surface area (Å²) in [4.78, 5) is 0. The lowest BCUT2D eigenvalue weighted by molar-refractivity contribution is -0.909. The maximum atomic E-state index is 2.45. The van der Waals surface area contributed by atoms with Crippen molar-refractivity contribution >= 4 is 12.2 Å².